The minimum Gasteiger partial charge on any atom is -0.495 e. The molecule has 1 N–H and O–H groups in total. The number of ketones is 1. The van der Waals surface area contributed by atoms with Gasteiger partial charge in [-0.15, -0.1) is 0 Å². The smallest absolute Gasteiger partial charge is 0.248 e. The van der Waals surface area contributed by atoms with Crippen molar-refractivity contribution in [1.82, 2.24) is 0 Å². The largest absolute Gasteiger partial charge is 0.495 e. The van der Waals surface area contributed by atoms with Crippen LogP contribution in [0.4, 0.5) is 14.5 Å². The van der Waals surface area contributed by atoms with Gasteiger partial charge in [-0.05, 0) is 48.9 Å². The number of benzene rings is 2. The second kappa shape index (κ2) is 7.50. The van der Waals surface area contributed by atoms with Gasteiger partial charge in [0, 0.05) is 11.6 Å². The molecule has 0 unspecified atom stereocenters. The Bertz CT molecular complexity index is 816. The summed E-state index contributed by atoms with van der Waals surface area (Å²) in [5.41, 5.74) is 1.34. The lowest BCUT2D eigenvalue weighted by Gasteiger charge is -2.09. The molecule has 2 aromatic rings. The minimum absolute atomic E-state index is 0.0499. The van der Waals surface area contributed by atoms with E-state index in [-0.39, 0.29) is 5.56 Å². The van der Waals surface area contributed by atoms with E-state index >= 15 is 0 Å². The van der Waals surface area contributed by atoms with Crippen molar-refractivity contribution in [2.45, 2.75) is 6.92 Å². The molecule has 0 atom stereocenters. The zero-order chi connectivity index (χ0) is 17.7. The molecule has 1 amide bonds. The lowest BCUT2D eigenvalue weighted by atomic mass is 10.1. The monoisotopic (exact) mass is 331 g/mol. The normalized spacial score (nSPS) is 10.7. The number of methoxy groups -OCH3 is 1. The number of anilines is 1. The summed E-state index contributed by atoms with van der Waals surface area (Å²) in [5.74, 6) is -2.84. The van der Waals surface area contributed by atoms with Crippen molar-refractivity contribution >= 4 is 17.4 Å². The number of rotatable bonds is 5. The van der Waals surface area contributed by atoms with E-state index in [2.05, 4.69) is 5.32 Å². The van der Waals surface area contributed by atoms with E-state index in [1.165, 1.54) is 7.11 Å². The summed E-state index contributed by atoms with van der Waals surface area (Å²) < 4.78 is 31.1. The Labute approximate surface area is 137 Å². The number of halogens is 2. The van der Waals surface area contributed by atoms with Gasteiger partial charge in [0.1, 0.15) is 5.75 Å². The van der Waals surface area contributed by atoms with E-state index in [9.17, 15) is 18.4 Å². The van der Waals surface area contributed by atoms with Crippen molar-refractivity contribution in [3.8, 4) is 5.75 Å². The third-order valence-electron chi connectivity index (χ3n) is 3.20. The number of amides is 1. The van der Waals surface area contributed by atoms with Crippen LogP contribution >= 0.6 is 0 Å². The van der Waals surface area contributed by atoms with E-state index in [1.807, 2.05) is 13.0 Å². The quantitative estimate of drug-likeness (QED) is 0.672. The highest BCUT2D eigenvalue weighted by Crippen LogP contribution is 2.25. The summed E-state index contributed by atoms with van der Waals surface area (Å²) in [5, 5.41) is 2.59. The molecule has 0 aliphatic rings. The van der Waals surface area contributed by atoms with Gasteiger partial charge in [0.05, 0.1) is 12.8 Å². The molecule has 0 aliphatic heterocycles. The zero-order valence-electron chi connectivity index (χ0n) is 13.1. The maximum absolute atomic E-state index is 13.1. The van der Waals surface area contributed by atoms with Gasteiger partial charge in [-0.1, -0.05) is 6.07 Å². The Morgan fingerprint density at radius 2 is 1.79 bits per heavy atom. The molecular formula is C18H15F2NO3. The first-order valence-corrected chi connectivity index (χ1v) is 7.04. The van der Waals surface area contributed by atoms with Crippen LogP contribution < -0.4 is 10.1 Å². The Morgan fingerprint density at radius 1 is 1.04 bits per heavy atom. The van der Waals surface area contributed by atoms with E-state index in [0.29, 0.717) is 11.4 Å². The number of ether oxygens (including phenoxy) is 1. The number of allylic oxidation sites excluding steroid dienone is 1. The summed E-state index contributed by atoms with van der Waals surface area (Å²) in [6.45, 7) is 1.86. The zero-order valence-corrected chi connectivity index (χ0v) is 13.1. The number of nitrogens with one attached hydrogen (secondary N) is 1. The average Bonchev–Trinajstić information content (AvgIpc) is 2.55. The van der Waals surface area contributed by atoms with E-state index in [0.717, 1.165) is 35.9 Å². The first-order valence-electron chi connectivity index (χ1n) is 7.04. The van der Waals surface area contributed by atoms with Gasteiger partial charge in [-0.25, -0.2) is 8.78 Å². The fourth-order valence-electron chi connectivity index (χ4n) is 1.99. The molecule has 0 radical (unpaired) electrons. The molecule has 124 valence electrons. The lowest BCUT2D eigenvalue weighted by Crippen LogP contribution is -2.10. The standard InChI is InChI=1S/C18H15F2NO3/c1-11-3-7-17(24-2)15(9-11)21-18(23)8-6-16(22)12-4-5-13(19)14(20)10-12/h3-10H,1-2H3,(H,21,23)/b8-6+. The molecule has 0 saturated heterocycles. The molecule has 0 bridgehead atoms. The van der Waals surface area contributed by atoms with Gasteiger partial charge in [-0.3, -0.25) is 9.59 Å². The Balaban J connectivity index is 2.09. The number of hydrogen-bond acceptors (Lipinski definition) is 3. The van der Waals surface area contributed by atoms with Crippen molar-refractivity contribution in [3.63, 3.8) is 0 Å². The maximum atomic E-state index is 13.1. The highest BCUT2D eigenvalue weighted by atomic mass is 19.2. The van der Waals surface area contributed by atoms with Gasteiger partial charge in [0.15, 0.2) is 17.4 Å². The van der Waals surface area contributed by atoms with Crippen LogP contribution in [0.15, 0.2) is 48.6 Å². The highest BCUT2D eigenvalue weighted by Gasteiger charge is 2.09. The Kier molecular flexibility index (Phi) is 5.42. The van der Waals surface area contributed by atoms with Gasteiger partial charge in [0.2, 0.25) is 5.91 Å². The first-order chi connectivity index (χ1) is 11.4. The summed E-state index contributed by atoms with van der Waals surface area (Å²) in [4.78, 5) is 23.8. The third-order valence-corrected chi connectivity index (χ3v) is 3.20. The highest BCUT2D eigenvalue weighted by molar-refractivity contribution is 6.10. The molecule has 0 saturated carbocycles. The minimum atomic E-state index is -1.12. The predicted octanol–water partition coefficient (Wildman–Crippen LogP) is 3.66. The van der Waals surface area contributed by atoms with Crippen LogP contribution in [-0.4, -0.2) is 18.8 Å². The van der Waals surface area contributed by atoms with Crippen LogP contribution in [0.5, 0.6) is 5.75 Å². The van der Waals surface area contributed by atoms with E-state index in [4.69, 9.17) is 4.74 Å². The number of carbonyl (C=O) groups is 2. The molecule has 24 heavy (non-hydrogen) atoms. The number of hydrogen-bond donors (Lipinski definition) is 1. The number of aryl methyl sites for hydroxylation is 1. The predicted molar refractivity (Wildman–Crippen MR) is 86.2 cm³/mol. The molecule has 6 heteroatoms. The van der Waals surface area contributed by atoms with Gasteiger partial charge in [0.25, 0.3) is 0 Å². The summed E-state index contributed by atoms with van der Waals surface area (Å²) in [7, 11) is 1.47. The van der Waals surface area contributed by atoms with E-state index < -0.39 is 23.3 Å². The van der Waals surface area contributed by atoms with Crippen molar-refractivity contribution in [1.29, 1.82) is 0 Å². The van der Waals surface area contributed by atoms with Crippen molar-refractivity contribution in [3.05, 3.63) is 71.3 Å². The molecule has 0 aliphatic carbocycles. The van der Waals surface area contributed by atoms with Gasteiger partial charge < -0.3 is 10.1 Å². The SMILES string of the molecule is COc1ccc(C)cc1NC(=O)/C=C/C(=O)c1ccc(F)c(F)c1. The topological polar surface area (TPSA) is 55.4 Å². The second-order valence-corrected chi connectivity index (χ2v) is 5.02. The summed E-state index contributed by atoms with van der Waals surface area (Å²) in [6.07, 6.45) is 2.01. The van der Waals surface area contributed by atoms with Crippen LogP contribution in [0.3, 0.4) is 0 Å². The Morgan fingerprint density at radius 3 is 2.46 bits per heavy atom. The number of carbonyl (C=O) groups excluding carboxylic acids is 2. The lowest BCUT2D eigenvalue weighted by molar-refractivity contribution is -0.111. The van der Waals surface area contributed by atoms with Crippen LogP contribution in [0.25, 0.3) is 0 Å². The molecular weight excluding hydrogens is 316 g/mol. The van der Waals surface area contributed by atoms with Gasteiger partial charge in [-0.2, -0.15) is 0 Å². The second-order valence-electron chi connectivity index (χ2n) is 5.02. The third kappa shape index (κ3) is 4.25. The van der Waals surface area contributed by atoms with E-state index in [1.54, 1.807) is 12.1 Å². The fourth-order valence-corrected chi connectivity index (χ4v) is 1.99. The molecule has 0 fully saturated rings. The van der Waals surface area contributed by atoms with Crippen LogP contribution in [0.1, 0.15) is 15.9 Å². The molecule has 4 nitrogen and oxygen atoms in total. The maximum Gasteiger partial charge on any atom is 0.248 e. The average molecular weight is 331 g/mol. The fraction of sp³-hybridized carbons (Fsp3) is 0.111. The van der Waals surface area contributed by atoms with Crippen LogP contribution in [0, 0.1) is 18.6 Å². The van der Waals surface area contributed by atoms with Crippen molar-refractivity contribution < 1.29 is 23.1 Å². The van der Waals surface area contributed by atoms with Crippen molar-refractivity contribution in [2.75, 3.05) is 12.4 Å². The van der Waals surface area contributed by atoms with Crippen LogP contribution in [0.2, 0.25) is 0 Å². The molecule has 0 aromatic heterocycles. The summed E-state index contributed by atoms with van der Waals surface area (Å²) >= 11 is 0. The van der Waals surface area contributed by atoms with Crippen LogP contribution in [-0.2, 0) is 4.79 Å². The van der Waals surface area contributed by atoms with Crippen molar-refractivity contribution in [2.24, 2.45) is 0 Å². The molecule has 2 rings (SSSR count). The molecule has 0 heterocycles. The first kappa shape index (κ1) is 17.3. The summed E-state index contributed by atoms with van der Waals surface area (Å²) in [6, 6.07) is 8.05. The molecule has 0 spiro atoms. The molecule has 2 aromatic carbocycles. The Hall–Kier alpha value is -3.02. The van der Waals surface area contributed by atoms with Gasteiger partial charge >= 0.3 is 0 Å².